The molecule has 0 bridgehead atoms. The highest BCUT2D eigenvalue weighted by Crippen LogP contribution is 2.27. The smallest absolute Gasteiger partial charge is 0.337 e. The first-order valence-corrected chi connectivity index (χ1v) is 6.08. The van der Waals surface area contributed by atoms with Crippen molar-refractivity contribution in [2.75, 3.05) is 11.1 Å². The van der Waals surface area contributed by atoms with Crippen LogP contribution >= 0.6 is 15.9 Å². The van der Waals surface area contributed by atoms with E-state index in [1.54, 1.807) is 0 Å². The summed E-state index contributed by atoms with van der Waals surface area (Å²) < 4.78 is 27.0. The number of carbonyl (C=O) groups is 1. The molecule has 0 fully saturated rings. The van der Waals surface area contributed by atoms with Crippen LogP contribution in [0.25, 0.3) is 0 Å². The number of nitrogens with one attached hydrogen (secondary N) is 1. The van der Waals surface area contributed by atoms with Crippen LogP contribution in [0.4, 0.5) is 26.0 Å². The summed E-state index contributed by atoms with van der Waals surface area (Å²) in [6.07, 6.45) is 1.06. The molecule has 1 aromatic carbocycles. The first kappa shape index (κ1) is 14.2. The number of pyridine rings is 1. The van der Waals surface area contributed by atoms with E-state index in [1.165, 1.54) is 6.07 Å². The van der Waals surface area contributed by atoms with Crippen LogP contribution in [0, 0.1) is 11.6 Å². The Balaban J connectivity index is 2.35. The number of nitrogens with two attached hydrogens (primary N) is 1. The number of hydrogen-bond acceptors (Lipinski definition) is 4. The number of nitrogen functional groups attached to an aromatic ring is 1. The van der Waals surface area contributed by atoms with Crippen molar-refractivity contribution in [2.24, 2.45) is 0 Å². The molecular weight excluding hydrogens is 336 g/mol. The molecule has 0 aliphatic carbocycles. The maximum absolute atomic E-state index is 13.6. The summed E-state index contributed by atoms with van der Waals surface area (Å²) >= 11 is 2.86. The molecule has 104 valence electrons. The molecule has 0 radical (unpaired) electrons. The number of halogens is 3. The minimum atomic E-state index is -1.18. The number of rotatable bonds is 3. The van der Waals surface area contributed by atoms with Gasteiger partial charge in [-0.05, 0) is 28.1 Å². The molecule has 1 aromatic heterocycles. The van der Waals surface area contributed by atoms with Gasteiger partial charge in [0.2, 0.25) is 0 Å². The van der Waals surface area contributed by atoms with Gasteiger partial charge in [-0.1, -0.05) is 0 Å². The van der Waals surface area contributed by atoms with Gasteiger partial charge in [0.25, 0.3) is 0 Å². The largest absolute Gasteiger partial charge is 0.478 e. The van der Waals surface area contributed by atoms with E-state index in [-0.39, 0.29) is 27.2 Å². The molecule has 2 rings (SSSR count). The Hall–Kier alpha value is -2.22. The monoisotopic (exact) mass is 343 g/mol. The number of aromatic nitrogens is 1. The quantitative estimate of drug-likeness (QED) is 0.745. The highest BCUT2D eigenvalue weighted by molar-refractivity contribution is 9.10. The van der Waals surface area contributed by atoms with Crippen molar-refractivity contribution in [1.82, 2.24) is 4.98 Å². The number of anilines is 3. The zero-order valence-corrected chi connectivity index (χ0v) is 11.4. The van der Waals surface area contributed by atoms with Crippen LogP contribution in [0.15, 0.2) is 28.9 Å². The molecule has 0 atom stereocenters. The van der Waals surface area contributed by atoms with E-state index in [2.05, 4.69) is 26.2 Å². The fourth-order valence-corrected chi connectivity index (χ4v) is 1.76. The van der Waals surface area contributed by atoms with Crippen LogP contribution in [0.2, 0.25) is 0 Å². The van der Waals surface area contributed by atoms with Crippen LogP contribution in [-0.4, -0.2) is 16.1 Å². The summed E-state index contributed by atoms with van der Waals surface area (Å²) in [5.74, 6) is -2.51. The molecule has 1 heterocycles. The van der Waals surface area contributed by atoms with Crippen molar-refractivity contribution < 1.29 is 18.7 Å². The molecule has 5 nitrogen and oxygen atoms in total. The summed E-state index contributed by atoms with van der Waals surface area (Å²) in [6.45, 7) is 0. The molecule has 0 aliphatic rings. The number of nitrogens with zero attached hydrogens (tertiary/aromatic N) is 1. The van der Waals surface area contributed by atoms with Gasteiger partial charge in [0, 0.05) is 12.3 Å². The molecule has 0 saturated heterocycles. The SMILES string of the molecule is Nc1cc(C(=O)O)cnc1Nc1cc(F)c(Br)cc1F. The lowest BCUT2D eigenvalue weighted by Crippen LogP contribution is -2.05. The predicted molar refractivity (Wildman–Crippen MR) is 72.9 cm³/mol. The Bertz CT molecular complexity index is 695. The third-order valence-corrected chi connectivity index (χ3v) is 3.03. The summed E-state index contributed by atoms with van der Waals surface area (Å²) in [5, 5.41) is 11.3. The van der Waals surface area contributed by atoms with Crippen molar-refractivity contribution in [2.45, 2.75) is 0 Å². The minimum Gasteiger partial charge on any atom is -0.478 e. The van der Waals surface area contributed by atoms with Crippen LogP contribution in [0.1, 0.15) is 10.4 Å². The molecule has 0 unspecified atom stereocenters. The second kappa shape index (κ2) is 5.41. The van der Waals surface area contributed by atoms with Gasteiger partial charge in [-0.2, -0.15) is 0 Å². The van der Waals surface area contributed by atoms with Crippen LogP contribution in [0.5, 0.6) is 0 Å². The van der Waals surface area contributed by atoms with Gasteiger partial charge in [-0.15, -0.1) is 0 Å². The number of benzene rings is 1. The van der Waals surface area contributed by atoms with Gasteiger partial charge in [-0.25, -0.2) is 18.6 Å². The lowest BCUT2D eigenvalue weighted by molar-refractivity contribution is 0.0696. The number of hydrogen-bond donors (Lipinski definition) is 3. The molecule has 0 saturated carbocycles. The van der Waals surface area contributed by atoms with Gasteiger partial charge >= 0.3 is 5.97 Å². The van der Waals surface area contributed by atoms with Crippen molar-refractivity contribution in [1.29, 1.82) is 0 Å². The lowest BCUT2D eigenvalue weighted by Gasteiger charge is -2.10. The fraction of sp³-hybridized carbons (Fsp3) is 0. The normalized spacial score (nSPS) is 10.3. The number of carboxylic acid groups (broad SMARTS) is 1. The Labute approximate surface area is 120 Å². The average Bonchev–Trinajstić information content (AvgIpc) is 2.37. The fourth-order valence-electron chi connectivity index (χ4n) is 1.45. The minimum absolute atomic E-state index is 0.00706. The van der Waals surface area contributed by atoms with Gasteiger partial charge in [0.05, 0.1) is 21.4 Å². The van der Waals surface area contributed by atoms with Gasteiger partial charge in [0.1, 0.15) is 11.6 Å². The van der Waals surface area contributed by atoms with E-state index in [9.17, 15) is 13.6 Å². The second-order valence-corrected chi connectivity index (χ2v) is 4.69. The van der Waals surface area contributed by atoms with E-state index in [0.717, 1.165) is 18.3 Å². The third-order valence-electron chi connectivity index (χ3n) is 2.43. The topological polar surface area (TPSA) is 88.2 Å². The van der Waals surface area contributed by atoms with Gasteiger partial charge in [-0.3, -0.25) is 0 Å². The van der Waals surface area contributed by atoms with E-state index >= 15 is 0 Å². The van der Waals surface area contributed by atoms with Crippen molar-refractivity contribution in [3.8, 4) is 0 Å². The van der Waals surface area contributed by atoms with E-state index in [1.807, 2.05) is 0 Å². The third kappa shape index (κ3) is 2.85. The summed E-state index contributed by atoms with van der Waals surface area (Å²) in [4.78, 5) is 14.5. The highest BCUT2D eigenvalue weighted by Gasteiger charge is 2.12. The second-order valence-electron chi connectivity index (χ2n) is 3.84. The van der Waals surface area contributed by atoms with Gasteiger partial charge in [0.15, 0.2) is 5.82 Å². The molecule has 0 amide bonds. The predicted octanol–water partition coefficient (Wildman–Crippen LogP) is 3.15. The molecule has 20 heavy (non-hydrogen) atoms. The van der Waals surface area contributed by atoms with Crippen LogP contribution in [0.3, 0.4) is 0 Å². The van der Waals surface area contributed by atoms with E-state index in [0.29, 0.717) is 0 Å². The van der Waals surface area contributed by atoms with Crippen molar-refractivity contribution in [3.05, 3.63) is 46.1 Å². The van der Waals surface area contributed by atoms with Crippen molar-refractivity contribution in [3.63, 3.8) is 0 Å². The highest BCUT2D eigenvalue weighted by atomic mass is 79.9. The Morgan fingerprint density at radius 2 is 2.00 bits per heavy atom. The van der Waals surface area contributed by atoms with Crippen molar-refractivity contribution >= 4 is 39.1 Å². The molecule has 2 aromatic rings. The molecule has 0 spiro atoms. The lowest BCUT2D eigenvalue weighted by atomic mass is 10.2. The molecular formula is C12H8BrF2N3O2. The zero-order valence-electron chi connectivity index (χ0n) is 9.82. The summed E-state index contributed by atoms with van der Waals surface area (Å²) in [6, 6.07) is 3.07. The molecule has 0 aliphatic heterocycles. The van der Waals surface area contributed by atoms with E-state index < -0.39 is 17.6 Å². The zero-order chi connectivity index (χ0) is 14.9. The Kier molecular flexibility index (Phi) is 3.84. The first-order chi connectivity index (χ1) is 9.38. The average molecular weight is 344 g/mol. The Morgan fingerprint density at radius 3 is 2.60 bits per heavy atom. The van der Waals surface area contributed by atoms with Gasteiger partial charge < -0.3 is 16.2 Å². The molecule has 4 N–H and O–H groups in total. The number of carboxylic acids is 1. The summed E-state index contributed by atoms with van der Waals surface area (Å²) in [5.41, 5.74) is 5.36. The maximum atomic E-state index is 13.6. The van der Waals surface area contributed by atoms with Crippen LogP contribution < -0.4 is 11.1 Å². The van der Waals surface area contributed by atoms with Crippen LogP contribution in [-0.2, 0) is 0 Å². The summed E-state index contributed by atoms with van der Waals surface area (Å²) in [7, 11) is 0. The Morgan fingerprint density at radius 1 is 1.30 bits per heavy atom. The van der Waals surface area contributed by atoms with E-state index in [4.69, 9.17) is 10.8 Å². The maximum Gasteiger partial charge on any atom is 0.337 e. The number of aromatic carboxylic acids is 1. The first-order valence-electron chi connectivity index (χ1n) is 5.29. The molecule has 8 heteroatoms. The standard InChI is InChI=1S/C12H8BrF2N3O2/c13-6-2-8(15)10(3-7(6)14)18-11-9(16)1-5(4-17-11)12(19)20/h1-4H,16H2,(H,17,18)(H,19,20).